The Morgan fingerprint density at radius 3 is 2.95 bits per heavy atom. The Labute approximate surface area is 134 Å². The smallest absolute Gasteiger partial charge is 0.265 e. The van der Waals surface area contributed by atoms with Gasteiger partial charge in [0.15, 0.2) is 0 Å². The Balaban J connectivity index is 1.77. The molecule has 22 heavy (non-hydrogen) atoms. The summed E-state index contributed by atoms with van der Waals surface area (Å²) in [6.45, 7) is 7.72. The summed E-state index contributed by atoms with van der Waals surface area (Å²) in [7, 11) is 0. The number of thiazole rings is 1. The standard InChI is InChI=1S/C16H22N4OS/c1-10(2)15-19-11(3)13(22-15)16(21)20-8-4-5-12(9-20)14-17-6-7-18-14/h6-7,10,12H,4-5,8-9H2,1-3H3,(H,17,18). The molecule has 3 heterocycles. The monoisotopic (exact) mass is 318 g/mol. The van der Waals surface area contributed by atoms with E-state index < -0.39 is 0 Å². The fourth-order valence-electron chi connectivity index (χ4n) is 2.89. The molecule has 1 aliphatic rings. The van der Waals surface area contributed by atoms with E-state index in [2.05, 4.69) is 28.8 Å². The quantitative estimate of drug-likeness (QED) is 0.944. The number of aromatic nitrogens is 3. The molecule has 1 atom stereocenters. The van der Waals surface area contributed by atoms with Gasteiger partial charge in [0.2, 0.25) is 0 Å². The average Bonchev–Trinajstić information content (AvgIpc) is 3.16. The molecule has 2 aromatic heterocycles. The number of nitrogens with one attached hydrogen (secondary N) is 1. The third kappa shape index (κ3) is 2.92. The lowest BCUT2D eigenvalue weighted by Crippen LogP contribution is -2.39. The van der Waals surface area contributed by atoms with E-state index in [1.165, 1.54) is 0 Å². The van der Waals surface area contributed by atoms with Gasteiger partial charge in [-0.05, 0) is 19.8 Å². The molecule has 5 nitrogen and oxygen atoms in total. The SMILES string of the molecule is Cc1nc(C(C)C)sc1C(=O)N1CCCC(c2ncc[nH]2)C1. The van der Waals surface area contributed by atoms with Gasteiger partial charge in [-0.15, -0.1) is 11.3 Å². The van der Waals surface area contributed by atoms with Gasteiger partial charge in [0, 0.05) is 37.3 Å². The number of likely N-dealkylation sites (tertiary alicyclic amines) is 1. The molecule has 118 valence electrons. The van der Waals surface area contributed by atoms with Crippen LogP contribution in [0.3, 0.4) is 0 Å². The molecule has 0 aromatic carbocycles. The number of H-pyrrole nitrogens is 1. The summed E-state index contributed by atoms with van der Waals surface area (Å²) in [5.74, 6) is 1.78. The molecule has 0 aliphatic carbocycles. The van der Waals surface area contributed by atoms with Gasteiger partial charge in [-0.2, -0.15) is 0 Å². The van der Waals surface area contributed by atoms with Crippen LogP contribution in [0.1, 0.15) is 64.7 Å². The van der Waals surface area contributed by atoms with Crippen molar-refractivity contribution in [2.75, 3.05) is 13.1 Å². The number of carbonyl (C=O) groups excluding carboxylic acids is 1. The van der Waals surface area contributed by atoms with Crippen molar-refractivity contribution in [1.29, 1.82) is 0 Å². The van der Waals surface area contributed by atoms with E-state index >= 15 is 0 Å². The summed E-state index contributed by atoms with van der Waals surface area (Å²) in [4.78, 5) is 27.7. The first-order valence-corrected chi connectivity index (χ1v) is 8.63. The van der Waals surface area contributed by atoms with Crippen LogP contribution in [0, 0.1) is 6.92 Å². The summed E-state index contributed by atoms with van der Waals surface area (Å²) in [6, 6.07) is 0. The van der Waals surface area contributed by atoms with Crippen molar-refractivity contribution in [3.63, 3.8) is 0 Å². The molecular formula is C16H22N4OS. The van der Waals surface area contributed by atoms with Crippen molar-refractivity contribution in [2.45, 2.75) is 45.4 Å². The number of piperidine rings is 1. The van der Waals surface area contributed by atoms with Crippen LogP contribution in [0.4, 0.5) is 0 Å². The topological polar surface area (TPSA) is 61.9 Å². The minimum atomic E-state index is 0.123. The number of imidazole rings is 1. The summed E-state index contributed by atoms with van der Waals surface area (Å²) in [5, 5.41) is 1.04. The number of rotatable bonds is 3. The largest absolute Gasteiger partial charge is 0.348 e. The minimum absolute atomic E-state index is 0.123. The summed E-state index contributed by atoms with van der Waals surface area (Å²) in [6.07, 6.45) is 5.72. The predicted molar refractivity (Wildman–Crippen MR) is 87.4 cm³/mol. The van der Waals surface area contributed by atoms with Crippen LogP contribution in [-0.2, 0) is 0 Å². The maximum absolute atomic E-state index is 12.8. The number of carbonyl (C=O) groups is 1. The first-order chi connectivity index (χ1) is 10.6. The first-order valence-electron chi connectivity index (χ1n) is 7.82. The summed E-state index contributed by atoms with van der Waals surface area (Å²) >= 11 is 1.54. The number of hydrogen-bond acceptors (Lipinski definition) is 4. The van der Waals surface area contributed by atoms with E-state index in [1.807, 2.05) is 18.0 Å². The van der Waals surface area contributed by atoms with Gasteiger partial charge in [-0.25, -0.2) is 9.97 Å². The minimum Gasteiger partial charge on any atom is -0.348 e. The average molecular weight is 318 g/mol. The number of aromatic amines is 1. The van der Waals surface area contributed by atoms with E-state index in [0.29, 0.717) is 11.8 Å². The van der Waals surface area contributed by atoms with Gasteiger partial charge in [-0.3, -0.25) is 4.79 Å². The fourth-order valence-corrected chi connectivity index (χ4v) is 3.93. The molecular weight excluding hydrogens is 296 g/mol. The summed E-state index contributed by atoms with van der Waals surface area (Å²) in [5.41, 5.74) is 0.860. The fraction of sp³-hybridized carbons (Fsp3) is 0.562. The lowest BCUT2D eigenvalue weighted by Gasteiger charge is -2.31. The van der Waals surface area contributed by atoms with E-state index in [1.54, 1.807) is 17.5 Å². The van der Waals surface area contributed by atoms with E-state index in [9.17, 15) is 4.79 Å². The Hall–Kier alpha value is -1.69. The first kappa shape index (κ1) is 15.2. The molecule has 2 aromatic rings. The van der Waals surface area contributed by atoms with E-state index in [0.717, 1.165) is 47.3 Å². The Kier molecular flexibility index (Phi) is 4.29. The van der Waals surface area contributed by atoms with Gasteiger partial charge in [0.25, 0.3) is 5.91 Å². The highest BCUT2D eigenvalue weighted by Gasteiger charge is 2.29. The molecule has 1 aliphatic heterocycles. The third-order valence-electron chi connectivity index (χ3n) is 4.12. The normalized spacial score (nSPS) is 18.9. The number of amides is 1. The van der Waals surface area contributed by atoms with Crippen molar-refractivity contribution in [3.05, 3.63) is 33.8 Å². The zero-order valence-electron chi connectivity index (χ0n) is 13.3. The molecule has 0 saturated carbocycles. The highest BCUT2D eigenvalue weighted by Crippen LogP contribution is 2.29. The van der Waals surface area contributed by atoms with Crippen LogP contribution < -0.4 is 0 Å². The van der Waals surface area contributed by atoms with Gasteiger partial charge in [-0.1, -0.05) is 13.8 Å². The Morgan fingerprint density at radius 2 is 2.32 bits per heavy atom. The van der Waals surface area contributed by atoms with Crippen LogP contribution in [0.25, 0.3) is 0 Å². The molecule has 1 amide bonds. The molecule has 3 rings (SSSR count). The molecule has 6 heteroatoms. The van der Waals surface area contributed by atoms with Gasteiger partial charge < -0.3 is 9.88 Å². The second kappa shape index (κ2) is 6.20. The van der Waals surface area contributed by atoms with Crippen LogP contribution in [0.15, 0.2) is 12.4 Å². The second-order valence-corrected chi connectivity index (χ2v) is 7.22. The lowest BCUT2D eigenvalue weighted by molar-refractivity contribution is 0.0709. The highest BCUT2D eigenvalue weighted by atomic mass is 32.1. The van der Waals surface area contributed by atoms with Crippen molar-refractivity contribution < 1.29 is 4.79 Å². The van der Waals surface area contributed by atoms with E-state index in [-0.39, 0.29) is 5.91 Å². The van der Waals surface area contributed by atoms with Gasteiger partial charge >= 0.3 is 0 Å². The Morgan fingerprint density at radius 1 is 1.50 bits per heavy atom. The number of aryl methyl sites for hydroxylation is 1. The molecule has 1 unspecified atom stereocenters. The highest BCUT2D eigenvalue weighted by molar-refractivity contribution is 7.13. The van der Waals surface area contributed by atoms with Crippen molar-refractivity contribution in [1.82, 2.24) is 19.9 Å². The van der Waals surface area contributed by atoms with Crippen molar-refractivity contribution in [2.24, 2.45) is 0 Å². The van der Waals surface area contributed by atoms with Crippen molar-refractivity contribution >= 4 is 17.2 Å². The third-order valence-corrected chi connectivity index (χ3v) is 5.56. The molecule has 0 radical (unpaired) electrons. The van der Waals surface area contributed by atoms with Crippen LogP contribution in [0.5, 0.6) is 0 Å². The molecule has 1 saturated heterocycles. The van der Waals surface area contributed by atoms with Crippen LogP contribution in [0.2, 0.25) is 0 Å². The van der Waals surface area contributed by atoms with Crippen molar-refractivity contribution in [3.8, 4) is 0 Å². The zero-order chi connectivity index (χ0) is 15.7. The maximum Gasteiger partial charge on any atom is 0.265 e. The van der Waals surface area contributed by atoms with Crippen LogP contribution in [-0.4, -0.2) is 38.8 Å². The van der Waals surface area contributed by atoms with E-state index in [4.69, 9.17) is 0 Å². The predicted octanol–water partition coefficient (Wildman–Crippen LogP) is 3.32. The lowest BCUT2D eigenvalue weighted by atomic mass is 9.97. The molecule has 0 bridgehead atoms. The number of hydrogen-bond donors (Lipinski definition) is 1. The Bertz CT molecular complexity index is 647. The van der Waals surface area contributed by atoms with Crippen LogP contribution >= 0.6 is 11.3 Å². The molecule has 1 fully saturated rings. The second-order valence-electron chi connectivity index (χ2n) is 6.19. The molecule has 1 N–H and O–H groups in total. The van der Waals surface area contributed by atoms with Gasteiger partial charge in [0.1, 0.15) is 10.7 Å². The number of nitrogens with zero attached hydrogens (tertiary/aromatic N) is 3. The molecule has 0 spiro atoms. The van der Waals surface area contributed by atoms with Gasteiger partial charge in [0.05, 0.1) is 10.7 Å². The zero-order valence-corrected chi connectivity index (χ0v) is 14.1. The summed E-state index contributed by atoms with van der Waals surface area (Å²) < 4.78 is 0. The maximum atomic E-state index is 12.8.